The molecule has 0 saturated heterocycles. The minimum Gasteiger partial charge on any atom is -0.493 e. The minimum atomic E-state index is -2.08. The lowest BCUT2D eigenvalue weighted by atomic mass is 10.0. The summed E-state index contributed by atoms with van der Waals surface area (Å²) in [6.07, 6.45) is 56.4. The van der Waals surface area contributed by atoms with Gasteiger partial charge in [0.1, 0.15) is 46.2 Å². The van der Waals surface area contributed by atoms with E-state index in [2.05, 4.69) is 264 Å². The van der Waals surface area contributed by atoms with Gasteiger partial charge in [-0.1, -0.05) is 391 Å². The zero-order valence-electron chi connectivity index (χ0n) is 72.7. The number of unbranched alkanes of at least 4 members (excludes halogenated alkanes) is 27. The first kappa shape index (κ1) is 93.0. The van der Waals surface area contributed by atoms with Crippen LogP contribution < -0.4 is 49.1 Å². The molecule has 7 nitrogen and oxygen atoms in total. The van der Waals surface area contributed by atoms with Crippen molar-refractivity contribution in [3.8, 4) is 40.2 Å². The summed E-state index contributed by atoms with van der Waals surface area (Å²) in [7, 11) is -2.08. The second kappa shape index (κ2) is 56.1. The van der Waals surface area contributed by atoms with Crippen molar-refractivity contribution in [3.05, 3.63) is 191 Å². The van der Waals surface area contributed by atoms with E-state index in [0.29, 0.717) is 69.9 Å². The molecule has 0 heterocycles. The summed E-state index contributed by atoms with van der Waals surface area (Å²) in [4.78, 5) is 0. The summed E-state index contributed by atoms with van der Waals surface area (Å²) in [6.45, 7) is 29.1. The Morgan fingerprint density at radius 3 is 0.814 bits per heavy atom. The third-order valence-electron chi connectivity index (χ3n) is 22.8. The predicted octanol–water partition coefficient (Wildman–Crippen LogP) is 30.3. The normalized spacial score (nSPS) is 12.9. The largest absolute Gasteiger partial charge is 0.493 e. The van der Waals surface area contributed by atoms with Crippen LogP contribution in [0.25, 0.3) is 36.5 Å². The van der Waals surface area contributed by atoms with E-state index in [4.69, 9.17) is 33.2 Å². The van der Waals surface area contributed by atoms with Crippen molar-refractivity contribution in [2.75, 3.05) is 46.2 Å². The highest BCUT2D eigenvalue weighted by atomic mass is 31.2. The van der Waals surface area contributed by atoms with Gasteiger partial charge in [0.05, 0.1) is 52.4 Å². The van der Waals surface area contributed by atoms with Crippen LogP contribution in [0.1, 0.15) is 333 Å². The number of hydrogen-bond acceptors (Lipinski definition) is 7. The van der Waals surface area contributed by atoms with Gasteiger partial charge in [-0.2, -0.15) is 0 Å². The molecule has 0 saturated carbocycles. The van der Waals surface area contributed by atoms with Crippen LogP contribution in [0.4, 0.5) is 0 Å². The predicted molar refractivity (Wildman–Crippen MR) is 493 cm³/mol. The number of hydrogen-bond donors (Lipinski definition) is 0. The minimum absolute atomic E-state index is 0.347. The van der Waals surface area contributed by atoms with Gasteiger partial charge in [-0.05, 0) is 132 Å². The molecule has 0 aliphatic heterocycles. The van der Waals surface area contributed by atoms with Gasteiger partial charge in [0.2, 0.25) is 5.75 Å². The van der Waals surface area contributed by atoms with Gasteiger partial charge in [-0.15, -0.1) is 0 Å². The molecule has 4 atom stereocenters. The van der Waals surface area contributed by atoms with Crippen LogP contribution in [0.2, 0.25) is 0 Å². The van der Waals surface area contributed by atoms with Gasteiger partial charge < -0.3 is 33.2 Å². The lowest BCUT2D eigenvalue weighted by Gasteiger charge is -2.28. The molecule has 0 aliphatic rings. The summed E-state index contributed by atoms with van der Waals surface area (Å²) in [6, 6.07) is 55.8. The van der Waals surface area contributed by atoms with Gasteiger partial charge in [0.15, 0.2) is 11.5 Å². The maximum absolute atomic E-state index is 6.98. The molecule has 0 bridgehead atoms. The molecule has 0 radical (unpaired) electrons. The summed E-state index contributed by atoms with van der Waals surface area (Å²) in [5, 5.41) is 4.14. The Kier molecular flexibility index (Phi) is 46.2. The van der Waals surface area contributed by atoms with E-state index in [1.54, 1.807) is 0 Å². The van der Waals surface area contributed by atoms with Gasteiger partial charge in [0.25, 0.3) is 0 Å². The molecule has 618 valence electrons. The van der Waals surface area contributed by atoms with Crippen molar-refractivity contribution in [1.82, 2.24) is 0 Å². The molecule has 0 N–H and O–H groups in total. The average Bonchev–Trinajstić information content (AvgIpc) is 0.752. The molecule has 0 amide bonds. The Balaban J connectivity index is 1.25. The molecule has 0 fully saturated rings. The fourth-order valence-corrected chi connectivity index (χ4v) is 18.5. The van der Waals surface area contributed by atoms with E-state index < -0.39 is 7.26 Å². The SMILES string of the molecule is CCCCCCCCCCCCOc1cc(/C=C/c2cc(OC[C@@H](C)CC)c(/C=C/c3cc(OC[C@@H](C)CC)c(/C=C/c4ccc(C[P+](c5ccccc5)(c5ccccc5)c5ccccc5)cc4)cc3OC[C@@H](C)CC)cc2OC[C@@H](C)CC)cc(OCCCCCCCCCCCC)c1OCCCCCCCCCCCC. The third kappa shape index (κ3) is 34.3. The molecule has 7 aromatic carbocycles. The zero-order valence-corrected chi connectivity index (χ0v) is 73.6. The summed E-state index contributed by atoms with van der Waals surface area (Å²) < 4.78 is 48.5. The highest BCUT2D eigenvalue weighted by Crippen LogP contribution is 2.58. The first-order chi connectivity index (χ1) is 55.4. The molecular weight excluding hydrogens is 1400 g/mol. The third-order valence-corrected chi connectivity index (χ3v) is 27.2. The van der Waals surface area contributed by atoms with Crippen molar-refractivity contribution in [1.29, 1.82) is 0 Å². The fourth-order valence-electron chi connectivity index (χ4n) is 14.3. The Hall–Kier alpha value is -7.21. The molecule has 7 rings (SSSR count). The Bertz CT molecular complexity index is 3570. The zero-order chi connectivity index (χ0) is 80.2. The van der Waals surface area contributed by atoms with E-state index in [1.807, 2.05) is 0 Å². The van der Waals surface area contributed by atoms with Crippen molar-refractivity contribution in [3.63, 3.8) is 0 Å². The molecule has 0 unspecified atom stereocenters. The fraction of sp³-hybridized carbons (Fsp3) is 0.543. The van der Waals surface area contributed by atoms with Crippen LogP contribution in [0.3, 0.4) is 0 Å². The Labute approximate surface area is 690 Å². The molecule has 8 heteroatoms. The van der Waals surface area contributed by atoms with E-state index in [-0.39, 0.29) is 0 Å². The maximum Gasteiger partial charge on any atom is 0.203 e. The van der Waals surface area contributed by atoms with Gasteiger partial charge in [-0.3, -0.25) is 0 Å². The summed E-state index contributed by atoms with van der Waals surface area (Å²) in [5.41, 5.74) is 7.18. The van der Waals surface area contributed by atoms with Crippen molar-refractivity contribution >= 4 is 59.6 Å². The van der Waals surface area contributed by atoms with E-state index >= 15 is 0 Å². The standard InChI is InChI=1S/C105H152O7P/c1-12-19-22-25-28-31-34-37-40-52-71-106-103-74-91(75-104(107-72-53-41-38-35-32-29-26-23-20-13-2)105(103)108-73-54-42-39-36-33-30-27-24-21-14-3)66-68-93-77-102(112-83-88(11)18-7)95(79-100(93)110-81-86(9)16-5)70-69-94-78-99(109-80-85(8)15-4)92(76-101(94)111-82-87(10)17-6)67-65-89-61-63-90(64-62-89)84-113(96-55-46-43-47-56-96,97-57-48-44-49-58-97)98-59-50-45-51-60-98/h43-51,55-70,74-79,85-88H,12-42,52-54,71-73,80-84H2,1-11H3/q+1/b67-65+,68-66+,70-69+/t85-,86-,87-,88-/m0/s1. The van der Waals surface area contributed by atoms with Crippen molar-refractivity contribution in [2.24, 2.45) is 23.7 Å². The highest BCUT2D eigenvalue weighted by Gasteiger charge is 2.45. The lowest BCUT2D eigenvalue weighted by Crippen LogP contribution is -2.32. The van der Waals surface area contributed by atoms with Crippen LogP contribution in [0.15, 0.2) is 152 Å². The number of benzene rings is 7. The molecule has 0 spiro atoms. The molecular formula is C105H152O7P+. The molecule has 0 aliphatic carbocycles. The van der Waals surface area contributed by atoms with Gasteiger partial charge >= 0.3 is 0 Å². The summed E-state index contributed by atoms with van der Waals surface area (Å²) >= 11 is 0. The van der Waals surface area contributed by atoms with Gasteiger partial charge in [-0.25, -0.2) is 0 Å². The first-order valence-electron chi connectivity index (χ1n) is 45.6. The lowest BCUT2D eigenvalue weighted by molar-refractivity contribution is 0.234. The second-order valence-electron chi connectivity index (χ2n) is 32.8. The van der Waals surface area contributed by atoms with Crippen LogP contribution in [0.5, 0.6) is 40.2 Å². The van der Waals surface area contributed by atoms with Crippen LogP contribution in [0, 0.1) is 23.7 Å². The highest BCUT2D eigenvalue weighted by molar-refractivity contribution is 7.95. The smallest absolute Gasteiger partial charge is 0.203 e. The van der Waals surface area contributed by atoms with E-state index in [0.717, 1.165) is 144 Å². The Morgan fingerprint density at radius 1 is 0.257 bits per heavy atom. The topological polar surface area (TPSA) is 64.6 Å². The van der Waals surface area contributed by atoms with Crippen LogP contribution >= 0.6 is 7.26 Å². The summed E-state index contributed by atoms with van der Waals surface area (Å²) in [5.74, 6) is 6.91. The maximum atomic E-state index is 6.98. The van der Waals surface area contributed by atoms with E-state index in [9.17, 15) is 0 Å². The first-order valence-corrected chi connectivity index (χ1v) is 47.5. The monoisotopic (exact) mass is 1560 g/mol. The van der Waals surface area contributed by atoms with Crippen LogP contribution in [-0.2, 0) is 6.16 Å². The average molecular weight is 1560 g/mol. The Morgan fingerprint density at radius 2 is 0.522 bits per heavy atom. The van der Waals surface area contributed by atoms with Crippen molar-refractivity contribution < 1.29 is 33.2 Å². The second-order valence-corrected chi connectivity index (χ2v) is 36.3. The quantitative estimate of drug-likeness (QED) is 0.0214. The molecule has 113 heavy (non-hydrogen) atoms. The molecule has 7 aromatic rings. The van der Waals surface area contributed by atoms with Gasteiger partial charge in [0, 0.05) is 22.3 Å². The number of ether oxygens (including phenoxy) is 7. The number of rotatable bonds is 63. The molecule has 0 aromatic heterocycles. The van der Waals surface area contributed by atoms with Crippen molar-refractivity contribution in [2.45, 2.75) is 301 Å². The van der Waals surface area contributed by atoms with E-state index in [1.165, 1.54) is 176 Å². The van der Waals surface area contributed by atoms with Crippen LogP contribution in [-0.4, -0.2) is 46.2 Å².